The van der Waals surface area contributed by atoms with Crippen LogP contribution in [0, 0.1) is 5.82 Å². The molecule has 1 N–H and O–H groups in total. The van der Waals surface area contributed by atoms with Crippen molar-refractivity contribution >= 4 is 12.0 Å². The molecule has 1 saturated carbocycles. The van der Waals surface area contributed by atoms with Gasteiger partial charge in [0.25, 0.3) is 0 Å². The summed E-state index contributed by atoms with van der Waals surface area (Å²) in [6.07, 6.45) is 5.27. The van der Waals surface area contributed by atoms with E-state index in [2.05, 4.69) is 5.32 Å². The molecule has 2 aromatic rings. The molecule has 2 aliphatic rings. The van der Waals surface area contributed by atoms with Gasteiger partial charge in [-0.1, -0.05) is 18.2 Å². The second kappa shape index (κ2) is 6.24. The normalized spacial score (nSPS) is 16.8. The number of hydrogen-bond donors (Lipinski definition) is 1. The van der Waals surface area contributed by atoms with Crippen LogP contribution in [-0.4, -0.2) is 19.2 Å². The Morgan fingerprint density at radius 1 is 1.12 bits per heavy atom. The van der Waals surface area contributed by atoms with E-state index in [1.165, 1.54) is 18.2 Å². The molecule has 0 radical (unpaired) electrons. The first-order valence-corrected chi connectivity index (χ1v) is 8.26. The highest BCUT2D eigenvalue weighted by Crippen LogP contribution is 2.47. The number of benzene rings is 2. The molecule has 1 aliphatic heterocycles. The van der Waals surface area contributed by atoms with Gasteiger partial charge in [0.15, 0.2) is 11.5 Å². The number of hydrogen-bond acceptors (Lipinski definition) is 3. The number of rotatable bonds is 5. The molecule has 0 aromatic heterocycles. The fraction of sp³-hybridized carbons (Fsp3) is 0.250. The molecule has 4 nitrogen and oxygen atoms in total. The van der Waals surface area contributed by atoms with E-state index < -0.39 is 0 Å². The third-order valence-electron chi connectivity index (χ3n) is 4.73. The summed E-state index contributed by atoms with van der Waals surface area (Å²) < 4.78 is 23.6. The molecule has 0 unspecified atom stereocenters. The molecule has 1 heterocycles. The summed E-state index contributed by atoms with van der Waals surface area (Å²) in [5.74, 6) is 1.02. The lowest BCUT2D eigenvalue weighted by atomic mass is 9.96. The average molecular weight is 339 g/mol. The van der Waals surface area contributed by atoms with E-state index in [9.17, 15) is 9.18 Å². The number of carbonyl (C=O) groups excluding carboxylic acids is 1. The zero-order valence-electron chi connectivity index (χ0n) is 13.6. The zero-order valence-corrected chi connectivity index (χ0v) is 13.6. The van der Waals surface area contributed by atoms with Gasteiger partial charge in [-0.3, -0.25) is 4.79 Å². The molecule has 5 heteroatoms. The van der Waals surface area contributed by atoms with E-state index >= 15 is 0 Å². The van der Waals surface area contributed by atoms with E-state index in [0.29, 0.717) is 12.3 Å². The van der Waals surface area contributed by atoms with Crippen molar-refractivity contribution in [3.63, 3.8) is 0 Å². The van der Waals surface area contributed by atoms with Crippen LogP contribution in [0.5, 0.6) is 11.5 Å². The standard InChI is InChI=1S/C20H18FNO3/c21-16-5-3-15(4-6-16)20(9-10-20)12-22-19(23)8-2-14-1-7-17-18(11-14)25-13-24-17/h1-8,11H,9-10,12-13H2,(H,22,23)/b8-2+. The van der Waals surface area contributed by atoms with Crippen LogP contribution in [0.4, 0.5) is 4.39 Å². The Morgan fingerprint density at radius 3 is 2.64 bits per heavy atom. The molecular weight excluding hydrogens is 321 g/mol. The average Bonchev–Trinajstić information content (AvgIpc) is 3.27. The van der Waals surface area contributed by atoms with Crippen LogP contribution in [0.1, 0.15) is 24.0 Å². The summed E-state index contributed by atoms with van der Waals surface area (Å²) >= 11 is 0. The Balaban J connectivity index is 1.35. The molecule has 0 saturated heterocycles. The van der Waals surface area contributed by atoms with Gasteiger partial charge < -0.3 is 14.8 Å². The highest BCUT2D eigenvalue weighted by atomic mass is 19.1. The van der Waals surface area contributed by atoms with Gasteiger partial charge in [-0.15, -0.1) is 0 Å². The predicted molar refractivity (Wildman–Crippen MR) is 91.9 cm³/mol. The first kappa shape index (κ1) is 15.7. The first-order valence-electron chi connectivity index (χ1n) is 8.26. The number of nitrogens with one attached hydrogen (secondary N) is 1. The van der Waals surface area contributed by atoms with E-state index in [-0.39, 0.29) is 23.9 Å². The topological polar surface area (TPSA) is 47.6 Å². The van der Waals surface area contributed by atoms with E-state index in [1.807, 2.05) is 18.2 Å². The molecule has 128 valence electrons. The zero-order chi connectivity index (χ0) is 17.3. The molecule has 1 aliphatic carbocycles. The Bertz CT molecular complexity index is 825. The largest absolute Gasteiger partial charge is 0.454 e. The molecule has 2 aromatic carbocycles. The maximum absolute atomic E-state index is 13.1. The van der Waals surface area contributed by atoms with E-state index in [1.54, 1.807) is 18.2 Å². The van der Waals surface area contributed by atoms with Crippen molar-refractivity contribution in [2.75, 3.05) is 13.3 Å². The van der Waals surface area contributed by atoms with Crippen LogP contribution in [0.3, 0.4) is 0 Å². The summed E-state index contributed by atoms with van der Waals surface area (Å²) in [7, 11) is 0. The van der Waals surface area contributed by atoms with Crippen molar-refractivity contribution < 1.29 is 18.7 Å². The van der Waals surface area contributed by atoms with Crippen LogP contribution in [0.2, 0.25) is 0 Å². The van der Waals surface area contributed by atoms with Crippen LogP contribution in [0.15, 0.2) is 48.5 Å². The highest BCUT2D eigenvalue weighted by Gasteiger charge is 2.44. The molecule has 0 bridgehead atoms. The summed E-state index contributed by atoms with van der Waals surface area (Å²) in [6, 6.07) is 12.1. The fourth-order valence-corrected chi connectivity index (χ4v) is 3.03. The molecule has 25 heavy (non-hydrogen) atoms. The number of halogens is 1. The Hall–Kier alpha value is -2.82. The van der Waals surface area contributed by atoms with Crippen molar-refractivity contribution in [1.29, 1.82) is 0 Å². The van der Waals surface area contributed by atoms with E-state index in [4.69, 9.17) is 9.47 Å². The van der Waals surface area contributed by atoms with Crippen LogP contribution < -0.4 is 14.8 Å². The summed E-state index contributed by atoms with van der Waals surface area (Å²) in [5, 5.41) is 2.95. The minimum Gasteiger partial charge on any atom is -0.454 e. The number of carbonyl (C=O) groups is 1. The monoisotopic (exact) mass is 339 g/mol. The van der Waals surface area contributed by atoms with Crippen molar-refractivity contribution in [2.24, 2.45) is 0 Å². The van der Waals surface area contributed by atoms with Gasteiger partial charge in [0, 0.05) is 18.0 Å². The highest BCUT2D eigenvalue weighted by molar-refractivity contribution is 5.91. The first-order chi connectivity index (χ1) is 12.1. The van der Waals surface area contributed by atoms with Crippen LogP contribution >= 0.6 is 0 Å². The maximum atomic E-state index is 13.1. The number of ether oxygens (including phenoxy) is 2. The van der Waals surface area contributed by atoms with Gasteiger partial charge in [0.1, 0.15) is 5.82 Å². The van der Waals surface area contributed by atoms with Gasteiger partial charge in [-0.25, -0.2) is 4.39 Å². The quantitative estimate of drug-likeness (QED) is 0.849. The maximum Gasteiger partial charge on any atom is 0.244 e. The lowest BCUT2D eigenvalue weighted by Gasteiger charge is -2.16. The second-order valence-corrected chi connectivity index (χ2v) is 6.45. The Labute approximate surface area is 145 Å². The van der Waals surface area contributed by atoms with Crippen LogP contribution in [0.25, 0.3) is 6.08 Å². The third-order valence-corrected chi connectivity index (χ3v) is 4.73. The van der Waals surface area contributed by atoms with Crippen LogP contribution in [-0.2, 0) is 10.2 Å². The second-order valence-electron chi connectivity index (χ2n) is 6.45. The molecule has 1 amide bonds. The van der Waals surface area contributed by atoms with Gasteiger partial charge in [-0.2, -0.15) is 0 Å². The van der Waals surface area contributed by atoms with Crippen molar-refractivity contribution in [1.82, 2.24) is 5.32 Å². The minimum atomic E-state index is -0.241. The third kappa shape index (κ3) is 3.36. The molecular formula is C20H18FNO3. The van der Waals surface area contributed by atoms with E-state index in [0.717, 1.165) is 29.7 Å². The summed E-state index contributed by atoms with van der Waals surface area (Å²) in [5.41, 5.74) is 1.91. The van der Waals surface area contributed by atoms with Crippen molar-refractivity contribution in [3.05, 3.63) is 65.5 Å². The smallest absolute Gasteiger partial charge is 0.244 e. The number of amides is 1. The molecule has 0 spiro atoms. The SMILES string of the molecule is O=C(/C=C/c1ccc2c(c1)OCO2)NCC1(c2ccc(F)cc2)CC1. The fourth-order valence-electron chi connectivity index (χ4n) is 3.03. The minimum absolute atomic E-state index is 0.0457. The number of fused-ring (bicyclic) bond motifs is 1. The van der Waals surface area contributed by atoms with Gasteiger partial charge >= 0.3 is 0 Å². The Morgan fingerprint density at radius 2 is 1.88 bits per heavy atom. The Kier molecular flexibility index (Phi) is 3.92. The molecule has 4 rings (SSSR count). The van der Waals surface area contributed by atoms with Crippen molar-refractivity contribution in [3.8, 4) is 11.5 Å². The van der Waals surface area contributed by atoms with Gasteiger partial charge in [0.05, 0.1) is 0 Å². The predicted octanol–water partition coefficient (Wildman–Crippen LogP) is 3.42. The van der Waals surface area contributed by atoms with Crippen molar-refractivity contribution in [2.45, 2.75) is 18.3 Å². The van der Waals surface area contributed by atoms with Gasteiger partial charge in [-0.05, 0) is 54.3 Å². The lowest BCUT2D eigenvalue weighted by molar-refractivity contribution is -0.116. The molecule has 1 fully saturated rings. The molecule has 0 atom stereocenters. The summed E-state index contributed by atoms with van der Waals surface area (Å²) in [4.78, 5) is 12.1. The summed E-state index contributed by atoms with van der Waals surface area (Å²) in [6.45, 7) is 0.789. The van der Waals surface area contributed by atoms with Gasteiger partial charge in [0.2, 0.25) is 12.7 Å². The lowest BCUT2D eigenvalue weighted by Crippen LogP contribution is -2.31.